The van der Waals surface area contributed by atoms with E-state index in [0.29, 0.717) is 0 Å². The second-order valence-corrected chi connectivity index (χ2v) is 5.39. The Balaban J connectivity index is 1.86. The minimum absolute atomic E-state index is 0.729. The molecule has 4 heteroatoms. The maximum atomic E-state index is 6.15. The number of benzene rings is 2. The minimum atomic E-state index is 0.729. The average molecular weight is 269 g/mol. The first-order valence-electron chi connectivity index (χ1n) is 6.16. The van der Waals surface area contributed by atoms with Gasteiger partial charge in [-0.3, -0.25) is 0 Å². The molecule has 0 saturated heterocycles. The van der Waals surface area contributed by atoms with Gasteiger partial charge in [0.15, 0.2) is 0 Å². The predicted molar refractivity (Wildman–Crippen MR) is 82.5 cm³/mol. The summed E-state index contributed by atoms with van der Waals surface area (Å²) in [5.74, 6) is 0. The highest BCUT2D eigenvalue weighted by atomic mass is 32.1. The molecule has 0 bridgehead atoms. The van der Waals surface area contributed by atoms with Crippen LogP contribution in [0.5, 0.6) is 0 Å². The van der Waals surface area contributed by atoms with Gasteiger partial charge in [0, 0.05) is 6.54 Å². The van der Waals surface area contributed by atoms with Crippen LogP contribution in [0.1, 0.15) is 11.1 Å². The molecule has 1 aromatic heterocycles. The number of aryl methyl sites for hydroxylation is 1. The molecule has 0 radical (unpaired) electrons. The summed E-state index contributed by atoms with van der Waals surface area (Å²) in [4.78, 5) is 4.30. The summed E-state index contributed by atoms with van der Waals surface area (Å²) in [6.45, 7) is 2.89. The van der Waals surface area contributed by atoms with E-state index in [9.17, 15) is 0 Å². The van der Waals surface area contributed by atoms with Crippen molar-refractivity contribution in [2.75, 3.05) is 11.1 Å². The number of nitrogens with two attached hydrogens (primary N) is 1. The van der Waals surface area contributed by atoms with E-state index in [2.05, 4.69) is 47.6 Å². The normalized spacial score (nSPS) is 10.8. The van der Waals surface area contributed by atoms with Gasteiger partial charge in [0.05, 0.1) is 21.6 Å². The van der Waals surface area contributed by atoms with Gasteiger partial charge in [0.25, 0.3) is 0 Å². The highest BCUT2D eigenvalue weighted by Gasteiger charge is 2.06. The molecule has 0 fully saturated rings. The molecule has 0 aliphatic rings. The van der Waals surface area contributed by atoms with Crippen LogP contribution in [0.4, 0.5) is 11.4 Å². The van der Waals surface area contributed by atoms with E-state index in [-0.39, 0.29) is 0 Å². The third kappa shape index (κ3) is 2.27. The fourth-order valence-electron chi connectivity index (χ4n) is 2.11. The Hall–Kier alpha value is -2.07. The molecule has 96 valence electrons. The Morgan fingerprint density at radius 1 is 1.21 bits per heavy atom. The SMILES string of the molecule is Cc1ccccc1CNc1ccc2scnc2c1N. The zero-order valence-electron chi connectivity index (χ0n) is 10.7. The number of hydrogen-bond acceptors (Lipinski definition) is 4. The van der Waals surface area contributed by atoms with Crippen LogP contribution in [0.15, 0.2) is 41.9 Å². The van der Waals surface area contributed by atoms with E-state index in [1.807, 2.05) is 11.6 Å². The van der Waals surface area contributed by atoms with Crippen molar-refractivity contribution in [3.8, 4) is 0 Å². The largest absolute Gasteiger partial charge is 0.395 e. The van der Waals surface area contributed by atoms with E-state index < -0.39 is 0 Å². The predicted octanol–water partition coefficient (Wildman–Crippen LogP) is 3.80. The molecule has 0 saturated carbocycles. The number of hydrogen-bond donors (Lipinski definition) is 2. The monoisotopic (exact) mass is 269 g/mol. The fourth-order valence-corrected chi connectivity index (χ4v) is 2.80. The van der Waals surface area contributed by atoms with E-state index in [1.165, 1.54) is 11.1 Å². The van der Waals surface area contributed by atoms with Crippen molar-refractivity contribution in [3.63, 3.8) is 0 Å². The van der Waals surface area contributed by atoms with E-state index in [4.69, 9.17) is 5.73 Å². The lowest BCUT2D eigenvalue weighted by Crippen LogP contribution is -2.04. The second-order valence-electron chi connectivity index (χ2n) is 4.51. The van der Waals surface area contributed by atoms with Crippen LogP contribution >= 0.6 is 11.3 Å². The molecular formula is C15H15N3S. The summed E-state index contributed by atoms with van der Waals surface area (Å²) in [5.41, 5.74) is 13.1. The second kappa shape index (κ2) is 4.90. The summed E-state index contributed by atoms with van der Waals surface area (Å²) in [6.07, 6.45) is 0. The molecule has 0 amide bonds. The van der Waals surface area contributed by atoms with Gasteiger partial charge in [0.1, 0.15) is 5.52 Å². The van der Waals surface area contributed by atoms with Crippen LogP contribution in [-0.4, -0.2) is 4.98 Å². The molecule has 3 nitrogen and oxygen atoms in total. The number of thiazole rings is 1. The Kier molecular flexibility index (Phi) is 3.09. The highest BCUT2D eigenvalue weighted by molar-refractivity contribution is 7.16. The summed E-state index contributed by atoms with van der Waals surface area (Å²) in [6, 6.07) is 12.4. The van der Waals surface area contributed by atoms with Crippen LogP contribution in [0, 0.1) is 6.92 Å². The third-order valence-electron chi connectivity index (χ3n) is 3.27. The van der Waals surface area contributed by atoms with Gasteiger partial charge in [-0.15, -0.1) is 11.3 Å². The Morgan fingerprint density at radius 3 is 2.89 bits per heavy atom. The summed E-state index contributed by atoms with van der Waals surface area (Å²) in [7, 11) is 0. The lowest BCUT2D eigenvalue weighted by Gasteiger charge is -2.11. The molecular weight excluding hydrogens is 254 g/mol. The molecule has 0 aliphatic heterocycles. The lowest BCUT2D eigenvalue weighted by atomic mass is 10.1. The average Bonchev–Trinajstić information content (AvgIpc) is 2.89. The number of nitrogens with zero attached hydrogens (tertiary/aromatic N) is 1. The van der Waals surface area contributed by atoms with Crippen LogP contribution < -0.4 is 11.1 Å². The van der Waals surface area contributed by atoms with Crippen molar-refractivity contribution in [2.45, 2.75) is 13.5 Å². The van der Waals surface area contributed by atoms with Gasteiger partial charge in [-0.25, -0.2) is 4.98 Å². The van der Waals surface area contributed by atoms with Crippen LogP contribution in [0.3, 0.4) is 0 Å². The topological polar surface area (TPSA) is 50.9 Å². The molecule has 3 rings (SSSR count). The molecule has 3 aromatic rings. The first kappa shape index (κ1) is 12.0. The molecule has 1 heterocycles. The van der Waals surface area contributed by atoms with Gasteiger partial charge in [-0.05, 0) is 30.2 Å². The lowest BCUT2D eigenvalue weighted by molar-refractivity contribution is 1.12. The first-order valence-corrected chi connectivity index (χ1v) is 7.04. The number of nitrogens with one attached hydrogen (secondary N) is 1. The van der Waals surface area contributed by atoms with E-state index in [1.54, 1.807) is 11.3 Å². The van der Waals surface area contributed by atoms with Crippen LogP contribution in [0.25, 0.3) is 10.2 Å². The number of aromatic nitrogens is 1. The summed E-state index contributed by atoms with van der Waals surface area (Å²) >= 11 is 1.61. The zero-order valence-corrected chi connectivity index (χ0v) is 11.5. The van der Waals surface area contributed by atoms with Gasteiger partial charge < -0.3 is 11.1 Å². The van der Waals surface area contributed by atoms with Crippen molar-refractivity contribution < 1.29 is 0 Å². The van der Waals surface area contributed by atoms with Crippen molar-refractivity contribution in [1.82, 2.24) is 4.98 Å². The fraction of sp³-hybridized carbons (Fsp3) is 0.133. The van der Waals surface area contributed by atoms with Gasteiger partial charge in [-0.2, -0.15) is 0 Å². The van der Waals surface area contributed by atoms with Crippen LogP contribution in [0.2, 0.25) is 0 Å². The minimum Gasteiger partial charge on any atom is -0.395 e. The van der Waals surface area contributed by atoms with Gasteiger partial charge in [-0.1, -0.05) is 24.3 Å². The van der Waals surface area contributed by atoms with Crippen LogP contribution in [-0.2, 0) is 6.54 Å². The van der Waals surface area contributed by atoms with Crippen molar-refractivity contribution in [2.24, 2.45) is 0 Å². The summed E-state index contributed by atoms with van der Waals surface area (Å²) in [5, 5.41) is 3.39. The molecule has 0 aliphatic carbocycles. The number of fused-ring (bicyclic) bond motifs is 1. The van der Waals surface area contributed by atoms with Gasteiger partial charge >= 0.3 is 0 Å². The Morgan fingerprint density at radius 2 is 2.05 bits per heavy atom. The smallest absolute Gasteiger partial charge is 0.106 e. The maximum absolute atomic E-state index is 6.15. The Bertz CT molecular complexity index is 718. The quantitative estimate of drug-likeness (QED) is 0.711. The van der Waals surface area contributed by atoms with E-state index in [0.717, 1.165) is 28.1 Å². The van der Waals surface area contributed by atoms with Crippen molar-refractivity contribution in [3.05, 3.63) is 53.0 Å². The first-order chi connectivity index (χ1) is 9.25. The molecule has 0 unspecified atom stereocenters. The summed E-state index contributed by atoms with van der Waals surface area (Å²) < 4.78 is 1.12. The highest BCUT2D eigenvalue weighted by Crippen LogP contribution is 2.30. The van der Waals surface area contributed by atoms with Crippen molar-refractivity contribution in [1.29, 1.82) is 0 Å². The van der Waals surface area contributed by atoms with Gasteiger partial charge in [0.2, 0.25) is 0 Å². The third-order valence-corrected chi connectivity index (χ3v) is 4.07. The molecule has 0 atom stereocenters. The number of nitrogen functional groups attached to an aromatic ring is 1. The number of rotatable bonds is 3. The number of anilines is 2. The standard InChI is InChI=1S/C15H15N3S/c1-10-4-2-3-5-11(10)8-17-12-6-7-13-15(14(12)16)18-9-19-13/h2-7,9,17H,8,16H2,1H3. The molecule has 19 heavy (non-hydrogen) atoms. The Labute approximate surface area is 116 Å². The molecule has 2 aromatic carbocycles. The van der Waals surface area contributed by atoms with Crippen molar-refractivity contribution >= 4 is 32.9 Å². The van der Waals surface area contributed by atoms with E-state index >= 15 is 0 Å². The zero-order chi connectivity index (χ0) is 13.2. The molecule has 0 spiro atoms. The molecule has 3 N–H and O–H groups in total. The maximum Gasteiger partial charge on any atom is 0.106 e.